The van der Waals surface area contributed by atoms with E-state index in [1.165, 1.54) is 25.7 Å². The lowest BCUT2D eigenvalue weighted by Gasteiger charge is -2.01. The van der Waals surface area contributed by atoms with E-state index >= 15 is 0 Å². The number of rotatable bonds is 6. The van der Waals surface area contributed by atoms with E-state index in [0.29, 0.717) is 0 Å². The fraction of sp³-hybridized carbons (Fsp3) is 0.714. The van der Waals surface area contributed by atoms with Crippen molar-refractivity contribution in [1.29, 1.82) is 0 Å². The van der Waals surface area contributed by atoms with Crippen LogP contribution in [0.15, 0.2) is 24.3 Å². The Morgan fingerprint density at radius 2 is 1.53 bits per heavy atom. The van der Waals surface area contributed by atoms with E-state index < -0.39 is 0 Å². The first-order chi connectivity index (χ1) is 7.02. The summed E-state index contributed by atoms with van der Waals surface area (Å²) in [6, 6.07) is 0. The third-order valence-electron chi connectivity index (χ3n) is 3.28. The van der Waals surface area contributed by atoms with Crippen molar-refractivity contribution in [3.63, 3.8) is 0 Å². The van der Waals surface area contributed by atoms with Gasteiger partial charge in [0.25, 0.3) is 0 Å². The van der Waals surface area contributed by atoms with Crippen LogP contribution in [0, 0.1) is 0 Å². The Morgan fingerprint density at radius 1 is 1.00 bits per heavy atom. The van der Waals surface area contributed by atoms with Gasteiger partial charge in [0.1, 0.15) is 5.60 Å². The summed E-state index contributed by atoms with van der Waals surface area (Å²) in [5.74, 6) is 0. The molecule has 0 radical (unpaired) electrons. The quantitative estimate of drug-likeness (QED) is 0.361. The predicted octanol–water partition coefficient (Wildman–Crippen LogP) is 4.25. The third kappa shape index (κ3) is 3.49. The summed E-state index contributed by atoms with van der Waals surface area (Å²) in [4.78, 5) is 0. The van der Waals surface area contributed by atoms with Crippen molar-refractivity contribution in [3.05, 3.63) is 24.3 Å². The standard InChI is InChI=1S/C14H24O/c1-5-6-7-8-9-10-11-12-14(4)13(2,3)15-14/h5-6,11-12H,7-10H2,1-4H3. The molecule has 0 aliphatic carbocycles. The summed E-state index contributed by atoms with van der Waals surface area (Å²) in [6.07, 6.45) is 13.8. The molecule has 0 aromatic heterocycles. The van der Waals surface area contributed by atoms with Crippen molar-refractivity contribution in [2.75, 3.05) is 0 Å². The minimum Gasteiger partial charge on any atom is -0.359 e. The van der Waals surface area contributed by atoms with Gasteiger partial charge in [-0.1, -0.05) is 24.3 Å². The molecule has 1 heteroatoms. The van der Waals surface area contributed by atoms with E-state index in [2.05, 4.69) is 52.0 Å². The lowest BCUT2D eigenvalue weighted by molar-refractivity contribution is 0.307. The monoisotopic (exact) mass is 208 g/mol. The summed E-state index contributed by atoms with van der Waals surface area (Å²) in [7, 11) is 0. The fourth-order valence-electron chi connectivity index (χ4n) is 1.74. The molecule has 1 atom stereocenters. The van der Waals surface area contributed by atoms with Gasteiger partial charge in [0.2, 0.25) is 0 Å². The van der Waals surface area contributed by atoms with Crippen LogP contribution in [0.4, 0.5) is 0 Å². The van der Waals surface area contributed by atoms with Gasteiger partial charge in [0.05, 0.1) is 5.60 Å². The molecule has 0 bridgehead atoms. The lowest BCUT2D eigenvalue weighted by atomic mass is 9.97. The molecule has 1 unspecified atom stereocenters. The first-order valence-corrected chi connectivity index (χ1v) is 6.01. The molecule has 1 saturated heterocycles. The van der Waals surface area contributed by atoms with Crippen LogP contribution < -0.4 is 0 Å². The molecular weight excluding hydrogens is 184 g/mol. The Kier molecular flexibility index (Phi) is 4.15. The van der Waals surface area contributed by atoms with E-state index in [1.807, 2.05) is 0 Å². The molecule has 1 fully saturated rings. The minimum atomic E-state index is -0.00365. The molecule has 1 nitrogen and oxygen atoms in total. The van der Waals surface area contributed by atoms with Crippen molar-refractivity contribution in [2.45, 2.75) is 64.6 Å². The summed E-state index contributed by atoms with van der Waals surface area (Å²) in [6.45, 7) is 8.52. The van der Waals surface area contributed by atoms with Crippen molar-refractivity contribution in [1.82, 2.24) is 0 Å². The van der Waals surface area contributed by atoms with Gasteiger partial charge >= 0.3 is 0 Å². The summed E-state index contributed by atoms with van der Waals surface area (Å²) < 4.78 is 5.64. The van der Waals surface area contributed by atoms with E-state index in [1.54, 1.807) is 0 Å². The van der Waals surface area contributed by atoms with Crippen LogP contribution in [0.2, 0.25) is 0 Å². The van der Waals surface area contributed by atoms with Crippen molar-refractivity contribution >= 4 is 0 Å². The number of ether oxygens (including phenoxy) is 1. The average Bonchev–Trinajstić information content (AvgIpc) is 2.65. The van der Waals surface area contributed by atoms with Crippen LogP contribution in [-0.2, 0) is 4.74 Å². The molecule has 0 amide bonds. The average molecular weight is 208 g/mol. The second-order valence-corrected chi connectivity index (χ2v) is 4.98. The Balaban J connectivity index is 2.08. The topological polar surface area (TPSA) is 12.5 Å². The zero-order valence-electron chi connectivity index (χ0n) is 10.5. The first-order valence-electron chi connectivity index (χ1n) is 6.01. The van der Waals surface area contributed by atoms with Crippen molar-refractivity contribution < 1.29 is 4.74 Å². The minimum absolute atomic E-state index is 0.00365. The van der Waals surface area contributed by atoms with Gasteiger partial charge in [-0.3, -0.25) is 0 Å². The Labute approximate surface area is 94.2 Å². The number of unbranched alkanes of at least 4 members (excludes halogenated alkanes) is 3. The maximum Gasteiger partial charge on any atom is 0.113 e. The zero-order chi connectivity index (χ0) is 11.4. The molecule has 1 aliphatic rings. The van der Waals surface area contributed by atoms with Crippen LogP contribution in [-0.4, -0.2) is 11.2 Å². The van der Waals surface area contributed by atoms with Gasteiger partial charge in [-0.2, -0.15) is 0 Å². The van der Waals surface area contributed by atoms with Gasteiger partial charge in [-0.15, -0.1) is 0 Å². The van der Waals surface area contributed by atoms with Gasteiger partial charge < -0.3 is 4.74 Å². The van der Waals surface area contributed by atoms with E-state index in [-0.39, 0.29) is 11.2 Å². The summed E-state index contributed by atoms with van der Waals surface area (Å²) in [5.41, 5.74) is 0.0464. The number of hydrogen-bond donors (Lipinski definition) is 0. The molecule has 15 heavy (non-hydrogen) atoms. The van der Waals surface area contributed by atoms with Gasteiger partial charge in [0.15, 0.2) is 0 Å². The lowest BCUT2D eigenvalue weighted by Crippen LogP contribution is -2.12. The van der Waals surface area contributed by atoms with E-state index in [4.69, 9.17) is 4.74 Å². The predicted molar refractivity (Wildman–Crippen MR) is 66.0 cm³/mol. The van der Waals surface area contributed by atoms with Gasteiger partial charge in [-0.05, 0) is 53.4 Å². The highest BCUT2D eigenvalue weighted by Crippen LogP contribution is 2.48. The summed E-state index contributed by atoms with van der Waals surface area (Å²) in [5, 5.41) is 0. The van der Waals surface area contributed by atoms with Gasteiger partial charge in [-0.25, -0.2) is 0 Å². The smallest absolute Gasteiger partial charge is 0.113 e. The number of allylic oxidation sites excluding steroid dienone is 3. The molecule has 1 rings (SSSR count). The van der Waals surface area contributed by atoms with Crippen LogP contribution in [0.3, 0.4) is 0 Å². The Bertz CT molecular complexity index is 250. The number of hydrogen-bond acceptors (Lipinski definition) is 1. The molecule has 1 heterocycles. The maximum absolute atomic E-state index is 5.64. The second kappa shape index (κ2) is 4.98. The van der Waals surface area contributed by atoms with E-state index in [9.17, 15) is 0 Å². The largest absolute Gasteiger partial charge is 0.359 e. The van der Waals surface area contributed by atoms with Crippen molar-refractivity contribution in [2.24, 2.45) is 0 Å². The van der Waals surface area contributed by atoms with Crippen LogP contribution in [0.25, 0.3) is 0 Å². The molecule has 0 spiro atoms. The molecule has 0 aromatic rings. The molecule has 0 N–H and O–H groups in total. The van der Waals surface area contributed by atoms with E-state index in [0.717, 1.165) is 0 Å². The Hall–Kier alpha value is -0.560. The highest BCUT2D eigenvalue weighted by molar-refractivity contribution is 5.19. The number of epoxide rings is 1. The molecule has 0 saturated carbocycles. The molecular formula is C14H24O. The zero-order valence-corrected chi connectivity index (χ0v) is 10.5. The van der Waals surface area contributed by atoms with Crippen LogP contribution in [0.5, 0.6) is 0 Å². The molecule has 86 valence electrons. The Morgan fingerprint density at radius 3 is 2.00 bits per heavy atom. The fourth-order valence-corrected chi connectivity index (χ4v) is 1.74. The second-order valence-electron chi connectivity index (χ2n) is 4.98. The van der Waals surface area contributed by atoms with Gasteiger partial charge in [0, 0.05) is 0 Å². The highest BCUT2D eigenvalue weighted by Gasteiger charge is 2.57. The van der Waals surface area contributed by atoms with Crippen molar-refractivity contribution in [3.8, 4) is 0 Å². The molecule has 0 aromatic carbocycles. The summed E-state index contributed by atoms with van der Waals surface area (Å²) >= 11 is 0. The maximum atomic E-state index is 5.64. The third-order valence-corrected chi connectivity index (χ3v) is 3.28. The van der Waals surface area contributed by atoms with Crippen LogP contribution >= 0.6 is 0 Å². The van der Waals surface area contributed by atoms with Crippen LogP contribution in [0.1, 0.15) is 53.4 Å². The highest BCUT2D eigenvalue weighted by atomic mass is 16.6. The molecule has 1 aliphatic heterocycles. The SMILES string of the molecule is CC=CCCCCC=CC1(C)OC1(C)C. The first kappa shape index (κ1) is 12.5. The normalized spacial score (nSPS) is 29.1.